The van der Waals surface area contributed by atoms with Gasteiger partial charge in [0.2, 0.25) is 0 Å². The maximum atomic E-state index is 11.2. The van der Waals surface area contributed by atoms with Crippen LogP contribution in [-0.2, 0) is 4.74 Å². The van der Waals surface area contributed by atoms with E-state index in [-0.39, 0.29) is 11.8 Å². The van der Waals surface area contributed by atoms with Gasteiger partial charge < -0.3 is 4.74 Å². The van der Waals surface area contributed by atoms with E-state index in [1.54, 1.807) is 6.92 Å². The largest absolute Gasteiger partial charge is 0.462 e. The molecule has 0 unspecified atom stereocenters. The molecule has 0 fully saturated rings. The zero-order valence-corrected chi connectivity index (χ0v) is 9.11. The van der Waals surface area contributed by atoms with E-state index in [4.69, 9.17) is 16.3 Å². The topological polar surface area (TPSA) is 39.2 Å². The molecule has 0 aromatic carbocycles. The summed E-state index contributed by atoms with van der Waals surface area (Å²) in [5.74, 6) is 5.29. The maximum absolute atomic E-state index is 11.2. The summed E-state index contributed by atoms with van der Waals surface area (Å²) < 4.78 is 4.80. The molecule has 1 aromatic heterocycles. The molecule has 0 amide bonds. The highest BCUT2D eigenvalue weighted by molar-refractivity contribution is 7.14. The SMILES string of the molecule is CCOC(=O)c1cnc(C#CCCl)s1. The quantitative estimate of drug-likeness (QED) is 0.442. The third-order valence-electron chi connectivity index (χ3n) is 1.24. The molecule has 14 heavy (non-hydrogen) atoms. The molecule has 74 valence electrons. The maximum Gasteiger partial charge on any atom is 0.349 e. The number of aromatic nitrogens is 1. The summed E-state index contributed by atoms with van der Waals surface area (Å²) in [6, 6.07) is 0. The fourth-order valence-corrected chi connectivity index (χ4v) is 1.49. The van der Waals surface area contributed by atoms with Crippen LogP contribution in [0.4, 0.5) is 0 Å². The standard InChI is InChI=1S/C9H8ClNO2S/c1-2-13-9(12)7-6-11-8(14-7)4-3-5-10/h6H,2,5H2,1H3. The molecule has 1 heterocycles. The molecule has 0 aliphatic carbocycles. The number of hydrogen-bond acceptors (Lipinski definition) is 4. The highest BCUT2D eigenvalue weighted by Gasteiger charge is 2.09. The van der Waals surface area contributed by atoms with E-state index in [0.29, 0.717) is 16.5 Å². The Labute approximate surface area is 91.1 Å². The van der Waals surface area contributed by atoms with Crippen molar-refractivity contribution in [2.75, 3.05) is 12.5 Å². The molecule has 0 aliphatic rings. The smallest absolute Gasteiger partial charge is 0.349 e. The fraction of sp³-hybridized carbons (Fsp3) is 0.333. The van der Waals surface area contributed by atoms with Crippen molar-refractivity contribution in [3.63, 3.8) is 0 Å². The van der Waals surface area contributed by atoms with Crippen LogP contribution >= 0.6 is 22.9 Å². The summed E-state index contributed by atoms with van der Waals surface area (Å²) in [6.45, 7) is 2.12. The number of carbonyl (C=O) groups excluding carboxylic acids is 1. The number of esters is 1. The van der Waals surface area contributed by atoms with Gasteiger partial charge in [-0.25, -0.2) is 9.78 Å². The summed E-state index contributed by atoms with van der Waals surface area (Å²) in [6.07, 6.45) is 1.46. The number of nitrogens with zero attached hydrogens (tertiary/aromatic N) is 1. The van der Waals surface area contributed by atoms with Gasteiger partial charge in [-0.3, -0.25) is 0 Å². The van der Waals surface area contributed by atoms with E-state index in [0.717, 1.165) is 0 Å². The van der Waals surface area contributed by atoms with Gasteiger partial charge in [-0.05, 0) is 12.8 Å². The molecule has 0 bridgehead atoms. The van der Waals surface area contributed by atoms with Gasteiger partial charge in [-0.1, -0.05) is 17.3 Å². The third kappa shape index (κ3) is 3.02. The van der Waals surface area contributed by atoms with E-state index in [2.05, 4.69) is 16.8 Å². The van der Waals surface area contributed by atoms with E-state index < -0.39 is 0 Å². The van der Waals surface area contributed by atoms with Crippen molar-refractivity contribution in [1.82, 2.24) is 4.98 Å². The van der Waals surface area contributed by atoms with E-state index in [9.17, 15) is 4.79 Å². The molecule has 5 heteroatoms. The van der Waals surface area contributed by atoms with Crippen LogP contribution in [0.25, 0.3) is 0 Å². The van der Waals surface area contributed by atoms with Gasteiger partial charge in [0.15, 0.2) is 5.01 Å². The summed E-state index contributed by atoms with van der Waals surface area (Å²) in [4.78, 5) is 15.6. The van der Waals surface area contributed by atoms with Gasteiger partial charge in [0, 0.05) is 0 Å². The van der Waals surface area contributed by atoms with Crippen molar-refractivity contribution in [3.05, 3.63) is 16.1 Å². The highest BCUT2D eigenvalue weighted by Crippen LogP contribution is 2.12. The molecule has 0 saturated heterocycles. The fourth-order valence-electron chi connectivity index (χ4n) is 0.738. The Hall–Kier alpha value is -1.05. The number of halogens is 1. The summed E-state index contributed by atoms with van der Waals surface area (Å²) in [7, 11) is 0. The minimum Gasteiger partial charge on any atom is -0.462 e. The number of alkyl halides is 1. The van der Waals surface area contributed by atoms with Crippen LogP contribution < -0.4 is 0 Å². The Morgan fingerprint density at radius 1 is 1.79 bits per heavy atom. The summed E-state index contributed by atoms with van der Waals surface area (Å²) in [5.41, 5.74) is 0. The first kappa shape index (κ1) is 11.0. The third-order valence-corrected chi connectivity index (χ3v) is 2.27. The lowest BCUT2D eigenvalue weighted by Crippen LogP contribution is -2.01. The van der Waals surface area contributed by atoms with Crippen LogP contribution in [0.5, 0.6) is 0 Å². The van der Waals surface area contributed by atoms with Crippen LogP contribution in [0.2, 0.25) is 0 Å². The highest BCUT2D eigenvalue weighted by atomic mass is 35.5. The van der Waals surface area contributed by atoms with Gasteiger partial charge >= 0.3 is 5.97 Å². The molecule has 1 rings (SSSR count). The molecule has 0 aliphatic heterocycles. The number of ether oxygens (including phenoxy) is 1. The number of carbonyl (C=O) groups is 1. The van der Waals surface area contributed by atoms with Crippen LogP contribution in [-0.4, -0.2) is 23.4 Å². The van der Waals surface area contributed by atoms with Gasteiger partial charge in [0.05, 0.1) is 18.7 Å². The molecule has 1 aromatic rings. The van der Waals surface area contributed by atoms with E-state index in [1.807, 2.05) is 0 Å². The zero-order chi connectivity index (χ0) is 10.4. The van der Waals surface area contributed by atoms with Crippen LogP contribution in [0, 0.1) is 11.8 Å². The minimum atomic E-state index is -0.357. The molecular weight excluding hydrogens is 222 g/mol. The Morgan fingerprint density at radius 2 is 2.57 bits per heavy atom. The van der Waals surface area contributed by atoms with E-state index in [1.165, 1.54) is 17.5 Å². The molecule has 0 radical (unpaired) electrons. The van der Waals surface area contributed by atoms with Gasteiger partial charge in [0.25, 0.3) is 0 Å². The number of rotatable bonds is 2. The van der Waals surface area contributed by atoms with Crippen molar-refractivity contribution >= 4 is 28.9 Å². The minimum absolute atomic E-state index is 0.258. The second kappa shape index (κ2) is 5.63. The average molecular weight is 230 g/mol. The van der Waals surface area contributed by atoms with Gasteiger partial charge in [-0.15, -0.1) is 11.6 Å². The lowest BCUT2D eigenvalue weighted by molar-refractivity contribution is 0.0532. The summed E-state index contributed by atoms with van der Waals surface area (Å²) in [5, 5.41) is 0.578. The lowest BCUT2D eigenvalue weighted by atomic mass is 10.5. The molecule has 0 N–H and O–H groups in total. The van der Waals surface area contributed by atoms with Crippen molar-refractivity contribution in [1.29, 1.82) is 0 Å². The Balaban J connectivity index is 2.72. The first-order valence-electron chi connectivity index (χ1n) is 3.95. The average Bonchev–Trinajstić information content (AvgIpc) is 2.63. The lowest BCUT2D eigenvalue weighted by Gasteiger charge is -1.95. The van der Waals surface area contributed by atoms with Crippen LogP contribution in [0.1, 0.15) is 21.6 Å². The Morgan fingerprint density at radius 3 is 3.21 bits per heavy atom. The Kier molecular flexibility index (Phi) is 4.44. The number of hydrogen-bond donors (Lipinski definition) is 0. The van der Waals surface area contributed by atoms with Crippen molar-refractivity contribution < 1.29 is 9.53 Å². The first-order valence-corrected chi connectivity index (χ1v) is 5.30. The normalized spacial score (nSPS) is 9.00. The molecule has 0 saturated carbocycles. The van der Waals surface area contributed by atoms with Gasteiger partial charge in [0.1, 0.15) is 4.88 Å². The molecular formula is C9H8ClNO2S. The molecule has 0 atom stereocenters. The van der Waals surface area contributed by atoms with Gasteiger partial charge in [-0.2, -0.15) is 0 Å². The molecule has 0 spiro atoms. The second-order valence-electron chi connectivity index (χ2n) is 2.19. The predicted octanol–water partition coefficient (Wildman–Crippen LogP) is 1.91. The zero-order valence-electron chi connectivity index (χ0n) is 7.54. The number of thiazole rings is 1. The predicted molar refractivity (Wildman–Crippen MR) is 55.7 cm³/mol. The Bertz CT molecular complexity index is 378. The van der Waals surface area contributed by atoms with E-state index >= 15 is 0 Å². The van der Waals surface area contributed by atoms with Crippen molar-refractivity contribution in [2.45, 2.75) is 6.92 Å². The first-order chi connectivity index (χ1) is 6.77. The van der Waals surface area contributed by atoms with Crippen molar-refractivity contribution in [2.24, 2.45) is 0 Å². The van der Waals surface area contributed by atoms with Crippen LogP contribution in [0.3, 0.4) is 0 Å². The van der Waals surface area contributed by atoms with Crippen molar-refractivity contribution in [3.8, 4) is 11.8 Å². The molecule has 3 nitrogen and oxygen atoms in total. The monoisotopic (exact) mass is 229 g/mol. The second-order valence-corrected chi connectivity index (χ2v) is 3.48. The van der Waals surface area contributed by atoms with Crippen LogP contribution in [0.15, 0.2) is 6.20 Å². The summed E-state index contributed by atoms with van der Waals surface area (Å²) >= 11 is 6.59.